The van der Waals surface area contributed by atoms with Crippen LogP contribution in [0.2, 0.25) is 0 Å². The van der Waals surface area contributed by atoms with Crippen LogP contribution in [0, 0.1) is 6.92 Å². The zero-order valence-corrected chi connectivity index (χ0v) is 12.5. The number of hydrogen-bond donors (Lipinski definition) is 1. The van der Waals surface area contributed by atoms with Gasteiger partial charge in [0.15, 0.2) is 0 Å². The molecule has 1 saturated heterocycles. The van der Waals surface area contributed by atoms with Gasteiger partial charge in [-0.15, -0.1) is 0 Å². The van der Waals surface area contributed by atoms with Crippen LogP contribution in [0.4, 0.5) is 5.69 Å². The van der Waals surface area contributed by atoms with E-state index in [1.807, 2.05) is 30.9 Å². The van der Waals surface area contributed by atoms with Gasteiger partial charge in [-0.3, -0.25) is 4.79 Å². The third-order valence-electron chi connectivity index (χ3n) is 3.28. The molecule has 1 aromatic rings. The summed E-state index contributed by atoms with van der Waals surface area (Å²) in [6, 6.07) is 5.92. The maximum atomic E-state index is 12.2. The normalized spacial score (nSPS) is 16.7. The quantitative estimate of drug-likeness (QED) is 0.930. The van der Waals surface area contributed by atoms with Crippen LogP contribution in [-0.2, 0) is 4.79 Å². The minimum absolute atomic E-state index is 0.179. The van der Waals surface area contributed by atoms with Gasteiger partial charge in [-0.2, -0.15) is 0 Å². The highest BCUT2D eigenvalue weighted by Gasteiger charge is 2.23. The summed E-state index contributed by atoms with van der Waals surface area (Å²) in [5, 5.41) is 3.28. The van der Waals surface area contributed by atoms with Crippen molar-refractivity contribution in [2.45, 2.75) is 32.7 Å². The molecular weight excluding hydrogens is 292 g/mol. The van der Waals surface area contributed by atoms with Gasteiger partial charge in [-0.1, -0.05) is 6.07 Å². The molecule has 1 heterocycles. The molecule has 0 bridgehead atoms. The van der Waals surface area contributed by atoms with Crippen LogP contribution in [-0.4, -0.2) is 29.9 Å². The van der Waals surface area contributed by atoms with Crippen LogP contribution in [0.25, 0.3) is 0 Å². The highest BCUT2D eigenvalue weighted by Crippen LogP contribution is 2.24. The molecule has 98 valence electrons. The largest absolute Gasteiger partial charge is 0.373 e. The Morgan fingerprint density at radius 1 is 1.39 bits per heavy atom. The molecular formula is C14H19BrN2O. The van der Waals surface area contributed by atoms with Crippen LogP contribution in [0.15, 0.2) is 22.7 Å². The summed E-state index contributed by atoms with van der Waals surface area (Å²) in [6.45, 7) is 5.78. The van der Waals surface area contributed by atoms with Crippen LogP contribution in [0.5, 0.6) is 0 Å². The van der Waals surface area contributed by atoms with Gasteiger partial charge >= 0.3 is 0 Å². The number of aryl methyl sites for hydroxylation is 1. The number of halogens is 1. The van der Waals surface area contributed by atoms with E-state index in [0.29, 0.717) is 0 Å². The van der Waals surface area contributed by atoms with Crippen molar-refractivity contribution in [2.24, 2.45) is 0 Å². The molecule has 0 radical (unpaired) electrons. The minimum Gasteiger partial charge on any atom is -0.373 e. The van der Waals surface area contributed by atoms with Crippen LogP contribution >= 0.6 is 15.9 Å². The number of nitrogens with zero attached hydrogens (tertiary/aromatic N) is 1. The molecule has 0 spiro atoms. The lowest BCUT2D eigenvalue weighted by atomic mass is 10.2. The molecule has 1 aliphatic heterocycles. The smallest absolute Gasteiger partial charge is 0.244 e. The maximum Gasteiger partial charge on any atom is 0.244 e. The predicted octanol–water partition coefficient (Wildman–Crippen LogP) is 3.18. The van der Waals surface area contributed by atoms with Crippen molar-refractivity contribution in [3.8, 4) is 0 Å². The highest BCUT2D eigenvalue weighted by molar-refractivity contribution is 9.10. The van der Waals surface area contributed by atoms with Gasteiger partial charge in [-0.25, -0.2) is 0 Å². The number of amides is 1. The first-order valence-corrected chi connectivity index (χ1v) is 7.18. The molecule has 18 heavy (non-hydrogen) atoms. The molecule has 1 aliphatic rings. The van der Waals surface area contributed by atoms with E-state index in [4.69, 9.17) is 0 Å². The Balaban J connectivity index is 2.01. The Labute approximate surface area is 117 Å². The van der Waals surface area contributed by atoms with E-state index in [9.17, 15) is 4.79 Å². The van der Waals surface area contributed by atoms with Crippen molar-refractivity contribution in [3.63, 3.8) is 0 Å². The first-order valence-electron chi connectivity index (χ1n) is 6.39. The fraction of sp³-hybridized carbons (Fsp3) is 0.500. The maximum absolute atomic E-state index is 12.2. The second-order valence-corrected chi connectivity index (χ2v) is 5.74. The molecule has 3 nitrogen and oxygen atoms in total. The number of benzene rings is 1. The summed E-state index contributed by atoms with van der Waals surface area (Å²) in [5.74, 6) is 0.194. The Hall–Kier alpha value is -1.03. The Morgan fingerprint density at radius 2 is 2.06 bits per heavy atom. The number of rotatable bonds is 3. The summed E-state index contributed by atoms with van der Waals surface area (Å²) in [6.07, 6.45) is 2.26. The Morgan fingerprint density at radius 3 is 2.67 bits per heavy atom. The number of nitrogens with one attached hydrogen (secondary N) is 1. The van der Waals surface area contributed by atoms with Gasteiger partial charge in [-0.05, 0) is 60.3 Å². The number of carbonyl (C=O) groups is 1. The number of carbonyl (C=O) groups excluding carboxylic acids is 1. The Kier molecular flexibility index (Phi) is 4.27. The molecule has 2 rings (SSSR count). The monoisotopic (exact) mass is 310 g/mol. The van der Waals surface area contributed by atoms with Gasteiger partial charge in [0, 0.05) is 23.2 Å². The van der Waals surface area contributed by atoms with Gasteiger partial charge in [0.05, 0.1) is 0 Å². The molecule has 0 saturated carbocycles. The summed E-state index contributed by atoms with van der Waals surface area (Å²) >= 11 is 3.52. The van der Waals surface area contributed by atoms with Gasteiger partial charge in [0.25, 0.3) is 0 Å². The molecule has 0 aromatic heterocycles. The second kappa shape index (κ2) is 5.74. The van der Waals surface area contributed by atoms with Crippen molar-refractivity contribution < 1.29 is 4.79 Å². The lowest BCUT2D eigenvalue weighted by Crippen LogP contribution is -2.39. The van der Waals surface area contributed by atoms with Gasteiger partial charge < -0.3 is 10.2 Å². The van der Waals surface area contributed by atoms with Crippen LogP contribution in [0.3, 0.4) is 0 Å². The minimum atomic E-state index is -0.179. The molecule has 1 N–H and O–H groups in total. The van der Waals surface area contributed by atoms with Crippen molar-refractivity contribution in [1.29, 1.82) is 0 Å². The van der Waals surface area contributed by atoms with Crippen molar-refractivity contribution >= 4 is 27.5 Å². The fourth-order valence-corrected chi connectivity index (χ4v) is 2.85. The number of likely N-dealkylation sites (tertiary alicyclic amines) is 1. The lowest BCUT2D eigenvalue weighted by molar-refractivity contribution is -0.130. The van der Waals surface area contributed by atoms with E-state index in [-0.39, 0.29) is 11.9 Å². The molecule has 1 unspecified atom stereocenters. The van der Waals surface area contributed by atoms with E-state index in [1.165, 1.54) is 5.56 Å². The summed E-state index contributed by atoms with van der Waals surface area (Å²) in [7, 11) is 0. The van der Waals surface area contributed by atoms with Gasteiger partial charge in [0.1, 0.15) is 6.04 Å². The SMILES string of the molecule is Cc1ccc(NC(C)C(=O)N2CCCC2)c(Br)c1. The third-order valence-corrected chi connectivity index (χ3v) is 3.94. The standard InChI is InChI=1S/C14H19BrN2O/c1-10-5-6-13(12(15)9-10)16-11(2)14(18)17-7-3-4-8-17/h5-6,9,11,16H,3-4,7-8H2,1-2H3. The zero-order chi connectivity index (χ0) is 13.1. The number of anilines is 1. The molecule has 1 amide bonds. The molecule has 4 heteroatoms. The average Bonchev–Trinajstić information content (AvgIpc) is 2.85. The summed E-state index contributed by atoms with van der Waals surface area (Å²) in [5.41, 5.74) is 2.17. The van der Waals surface area contributed by atoms with Crippen LogP contribution in [0.1, 0.15) is 25.3 Å². The molecule has 1 atom stereocenters. The van der Waals surface area contributed by atoms with Crippen LogP contribution < -0.4 is 5.32 Å². The van der Waals surface area contributed by atoms with E-state index in [1.54, 1.807) is 0 Å². The fourth-order valence-electron chi connectivity index (χ4n) is 2.24. The van der Waals surface area contributed by atoms with E-state index in [0.717, 1.165) is 36.1 Å². The van der Waals surface area contributed by atoms with Crippen molar-refractivity contribution in [2.75, 3.05) is 18.4 Å². The van der Waals surface area contributed by atoms with E-state index < -0.39 is 0 Å². The first-order chi connectivity index (χ1) is 8.58. The lowest BCUT2D eigenvalue weighted by Gasteiger charge is -2.22. The molecule has 1 aromatic carbocycles. The average molecular weight is 311 g/mol. The highest BCUT2D eigenvalue weighted by atomic mass is 79.9. The molecule has 0 aliphatic carbocycles. The van der Waals surface area contributed by atoms with E-state index >= 15 is 0 Å². The predicted molar refractivity (Wildman–Crippen MR) is 77.8 cm³/mol. The summed E-state index contributed by atoms with van der Waals surface area (Å²) < 4.78 is 1.00. The number of hydrogen-bond acceptors (Lipinski definition) is 2. The molecule has 1 fully saturated rings. The first kappa shape index (κ1) is 13.4. The zero-order valence-electron chi connectivity index (χ0n) is 10.9. The third kappa shape index (κ3) is 3.05. The summed E-state index contributed by atoms with van der Waals surface area (Å²) in [4.78, 5) is 14.1. The Bertz CT molecular complexity index is 441. The van der Waals surface area contributed by atoms with Gasteiger partial charge in [0.2, 0.25) is 5.91 Å². The van der Waals surface area contributed by atoms with E-state index in [2.05, 4.69) is 27.3 Å². The van der Waals surface area contributed by atoms with Crippen molar-refractivity contribution in [1.82, 2.24) is 4.90 Å². The van der Waals surface area contributed by atoms with Crippen molar-refractivity contribution in [3.05, 3.63) is 28.2 Å². The topological polar surface area (TPSA) is 32.3 Å². The second-order valence-electron chi connectivity index (χ2n) is 4.88.